The Labute approximate surface area is 155 Å². The monoisotopic (exact) mass is 378 g/mol. The molecule has 0 saturated heterocycles. The molecule has 0 aliphatic heterocycles. The fourth-order valence-corrected chi connectivity index (χ4v) is 3.43. The van der Waals surface area contributed by atoms with Crippen LogP contribution in [0.25, 0.3) is 0 Å². The predicted octanol–water partition coefficient (Wildman–Crippen LogP) is 5.38. The number of benzene rings is 2. The second kappa shape index (κ2) is 7.42. The fourth-order valence-electron chi connectivity index (χ4n) is 3.18. The summed E-state index contributed by atoms with van der Waals surface area (Å²) in [5.41, 5.74) is 1.96. The van der Waals surface area contributed by atoms with Gasteiger partial charge in [0.25, 0.3) is 0 Å². The number of carbonyl (C=O) groups is 1. The summed E-state index contributed by atoms with van der Waals surface area (Å²) in [6, 6.07) is 14.3. The number of nitrogens with zero attached hydrogens (tertiary/aromatic N) is 2. The number of carbonyl (C=O) groups excluding carboxylic acids is 1. The third-order valence-corrected chi connectivity index (χ3v) is 4.82. The summed E-state index contributed by atoms with van der Waals surface area (Å²) in [7, 11) is 0. The molecule has 2 aromatic carbocycles. The molecule has 2 atom stereocenters. The second-order valence-electron chi connectivity index (χ2n) is 5.77. The van der Waals surface area contributed by atoms with Crippen LogP contribution in [0.3, 0.4) is 0 Å². The molecular formula is C18H16Cl2N2O3. The van der Waals surface area contributed by atoms with E-state index in [1.807, 2.05) is 24.3 Å². The summed E-state index contributed by atoms with van der Waals surface area (Å²) in [4.78, 5) is 23.4. The maximum Gasteiger partial charge on any atom is 0.433 e. The van der Waals surface area contributed by atoms with Gasteiger partial charge in [-0.05, 0) is 42.3 Å². The van der Waals surface area contributed by atoms with Crippen molar-refractivity contribution in [3.63, 3.8) is 0 Å². The van der Waals surface area contributed by atoms with Crippen molar-refractivity contribution in [1.82, 2.24) is 5.01 Å². The van der Waals surface area contributed by atoms with Crippen molar-refractivity contribution in [3.8, 4) is 0 Å². The highest BCUT2D eigenvalue weighted by Crippen LogP contribution is 2.58. The van der Waals surface area contributed by atoms with Gasteiger partial charge in [-0.2, -0.15) is 5.01 Å². The lowest BCUT2D eigenvalue weighted by Gasteiger charge is -2.13. The van der Waals surface area contributed by atoms with E-state index in [0.717, 1.165) is 16.1 Å². The summed E-state index contributed by atoms with van der Waals surface area (Å²) in [5, 5.41) is 5.05. The van der Waals surface area contributed by atoms with E-state index >= 15 is 0 Å². The summed E-state index contributed by atoms with van der Waals surface area (Å²) in [5.74, 6) is -0.138. The Balaban J connectivity index is 1.94. The molecule has 0 radical (unpaired) electrons. The Morgan fingerprint density at radius 2 is 1.44 bits per heavy atom. The molecule has 0 heterocycles. The van der Waals surface area contributed by atoms with Gasteiger partial charge in [0.15, 0.2) is 0 Å². The number of rotatable bonds is 5. The third kappa shape index (κ3) is 3.62. The molecule has 0 N–H and O–H groups in total. The molecule has 130 valence electrons. The first-order valence-electron chi connectivity index (χ1n) is 7.87. The molecule has 1 aliphatic rings. The molecule has 5 nitrogen and oxygen atoms in total. The van der Waals surface area contributed by atoms with Crippen LogP contribution in [0.2, 0.25) is 10.0 Å². The van der Waals surface area contributed by atoms with Crippen molar-refractivity contribution < 1.29 is 9.53 Å². The van der Waals surface area contributed by atoms with E-state index in [2.05, 4.69) is 5.29 Å². The van der Waals surface area contributed by atoms with Gasteiger partial charge < -0.3 is 4.74 Å². The molecule has 3 rings (SSSR count). The lowest BCUT2D eigenvalue weighted by molar-refractivity contribution is 0.104. The SMILES string of the molecule is CCOC(=O)N(N=O)C1[C@@H](c2ccc(Cl)cc2)[C@@H]1c1ccc(Cl)cc1. The maximum absolute atomic E-state index is 12.1. The van der Waals surface area contributed by atoms with Gasteiger partial charge in [-0.1, -0.05) is 47.5 Å². The van der Waals surface area contributed by atoms with E-state index in [4.69, 9.17) is 27.9 Å². The molecule has 1 amide bonds. The highest BCUT2D eigenvalue weighted by molar-refractivity contribution is 6.30. The molecule has 0 spiro atoms. The Bertz CT molecular complexity index is 713. The molecule has 0 unspecified atom stereocenters. The van der Waals surface area contributed by atoms with E-state index in [1.165, 1.54) is 0 Å². The van der Waals surface area contributed by atoms with E-state index < -0.39 is 12.1 Å². The van der Waals surface area contributed by atoms with Crippen molar-refractivity contribution in [2.45, 2.75) is 24.8 Å². The normalized spacial score (nSPS) is 21.5. The maximum atomic E-state index is 12.1. The molecule has 1 aliphatic carbocycles. The Kier molecular flexibility index (Phi) is 5.25. The highest BCUT2D eigenvalue weighted by atomic mass is 35.5. The largest absolute Gasteiger partial charge is 0.448 e. The first-order valence-corrected chi connectivity index (χ1v) is 8.62. The van der Waals surface area contributed by atoms with Gasteiger partial charge in [-0.25, -0.2) is 4.79 Å². The minimum atomic E-state index is -0.738. The summed E-state index contributed by atoms with van der Waals surface area (Å²) in [6.07, 6.45) is -0.738. The van der Waals surface area contributed by atoms with Crippen molar-refractivity contribution in [1.29, 1.82) is 0 Å². The number of halogens is 2. The van der Waals surface area contributed by atoms with Crippen LogP contribution in [-0.2, 0) is 4.74 Å². The Hall–Kier alpha value is -2.11. The summed E-state index contributed by atoms with van der Waals surface area (Å²) in [6.45, 7) is 1.86. The van der Waals surface area contributed by atoms with Gasteiger partial charge in [0.05, 0.1) is 17.9 Å². The zero-order valence-corrected chi connectivity index (χ0v) is 14.9. The average Bonchev–Trinajstić information content (AvgIpc) is 3.32. The third-order valence-electron chi connectivity index (χ3n) is 4.32. The van der Waals surface area contributed by atoms with Crippen molar-refractivity contribution in [3.05, 3.63) is 74.6 Å². The number of hydrogen-bond donors (Lipinski definition) is 0. The lowest BCUT2D eigenvalue weighted by atomic mass is 10.0. The van der Waals surface area contributed by atoms with Crippen LogP contribution in [0.5, 0.6) is 0 Å². The Morgan fingerprint density at radius 3 is 1.80 bits per heavy atom. The smallest absolute Gasteiger partial charge is 0.433 e. The first-order chi connectivity index (χ1) is 12.1. The van der Waals surface area contributed by atoms with E-state index in [1.54, 1.807) is 31.2 Å². The molecule has 7 heteroatoms. The number of amides is 1. The average molecular weight is 379 g/mol. The molecule has 0 aromatic heterocycles. The fraction of sp³-hybridized carbons (Fsp3) is 0.278. The lowest BCUT2D eigenvalue weighted by Crippen LogP contribution is -2.29. The Morgan fingerprint density at radius 1 is 1.00 bits per heavy atom. The number of nitroso groups, excluding NO2 is 1. The zero-order valence-electron chi connectivity index (χ0n) is 13.4. The van der Waals surface area contributed by atoms with Gasteiger partial charge in [0.1, 0.15) is 0 Å². The quantitative estimate of drug-likeness (QED) is 0.517. The van der Waals surface area contributed by atoms with Crippen LogP contribution in [0.4, 0.5) is 4.79 Å². The highest BCUT2D eigenvalue weighted by Gasteiger charge is 2.58. The van der Waals surface area contributed by atoms with Gasteiger partial charge in [-0.3, -0.25) is 0 Å². The molecule has 25 heavy (non-hydrogen) atoms. The standard InChI is InChI=1S/C18H16Cl2N2O3/c1-2-25-18(23)22(21-24)17-15(11-3-7-13(19)8-4-11)16(17)12-5-9-14(20)10-6-12/h3-10,15-17H,2H2,1H3/t15-,16-/m0/s1. The second-order valence-corrected chi connectivity index (χ2v) is 6.64. The minimum absolute atomic E-state index is 0.0689. The first kappa shape index (κ1) is 17.7. The van der Waals surface area contributed by atoms with Gasteiger partial charge in [0, 0.05) is 21.9 Å². The zero-order chi connectivity index (χ0) is 18.0. The van der Waals surface area contributed by atoms with Crippen LogP contribution >= 0.6 is 23.2 Å². The van der Waals surface area contributed by atoms with Crippen molar-refractivity contribution in [2.24, 2.45) is 5.29 Å². The van der Waals surface area contributed by atoms with Crippen LogP contribution in [0.1, 0.15) is 29.9 Å². The van der Waals surface area contributed by atoms with Gasteiger partial charge in [-0.15, -0.1) is 4.91 Å². The van der Waals surface area contributed by atoms with Gasteiger partial charge in [0.2, 0.25) is 0 Å². The molecular weight excluding hydrogens is 363 g/mol. The van der Waals surface area contributed by atoms with Gasteiger partial charge >= 0.3 is 6.09 Å². The predicted molar refractivity (Wildman–Crippen MR) is 96.8 cm³/mol. The molecule has 1 saturated carbocycles. The topological polar surface area (TPSA) is 59.0 Å². The van der Waals surface area contributed by atoms with Crippen LogP contribution < -0.4 is 0 Å². The van der Waals surface area contributed by atoms with Crippen LogP contribution in [-0.4, -0.2) is 23.8 Å². The van der Waals surface area contributed by atoms with Crippen LogP contribution in [0, 0.1) is 4.91 Å². The van der Waals surface area contributed by atoms with Crippen molar-refractivity contribution >= 4 is 29.3 Å². The van der Waals surface area contributed by atoms with E-state index in [-0.39, 0.29) is 18.4 Å². The molecule has 0 bridgehead atoms. The summed E-state index contributed by atoms with van der Waals surface area (Å²) >= 11 is 11.9. The van der Waals surface area contributed by atoms with E-state index in [0.29, 0.717) is 10.0 Å². The van der Waals surface area contributed by atoms with Crippen LogP contribution in [0.15, 0.2) is 53.8 Å². The molecule has 1 fully saturated rings. The van der Waals surface area contributed by atoms with Crippen molar-refractivity contribution in [2.75, 3.05) is 6.61 Å². The number of ether oxygens (including phenoxy) is 1. The molecule has 2 aromatic rings. The summed E-state index contributed by atoms with van der Waals surface area (Å²) < 4.78 is 4.95. The van der Waals surface area contributed by atoms with E-state index in [9.17, 15) is 9.70 Å². The number of hydrogen-bond acceptors (Lipinski definition) is 4. The minimum Gasteiger partial charge on any atom is -0.448 e.